The molecule has 2 aliphatic carbocycles. The van der Waals surface area contributed by atoms with Crippen molar-refractivity contribution < 1.29 is 4.79 Å². The molecule has 0 saturated carbocycles. The van der Waals surface area contributed by atoms with Crippen LogP contribution < -0.4 is 11.5 Å². The Morgan fingerprint density at radius 1 is 0.719 bits per heavy atom. The smallest absolute Gasteiger partial charge is 0.180 e. The first-order chi connectivity index (χ1) is 27.4. The Morgan fingerprint density at radius 2 is 1.14 bits per heavy atom. The van der Waals surface area contributed by atoms with Crippen LogP contribution in [0, 0.1) is 11.8 Å². The van der Waals surface area contributed by atoms with Crippen molar-refractivity contribution >= 4 is 73.8 Å². The molecule has 6 heterocycles. The minimum absolute atomic E-state index is 0. The number of anilines is 2. The fraction of sp³-hybridized carbons (Fsp3) is 0.651. The van der Waals surface area contributed by atoms with Crippen LogP contribution in [0.5, 0.6) is 0 Å². The number of carbonyl (C=O) groups is 1. The van der Waals surface area contributed by atoms with Gasteiger partial charge < -0.3 is 11.5 Å². The molecule has 0 radical (unpaired) electrons. The van der Waals surface area contributed by atoms with E-state index in [9.17, 15) is 0 Å². The Kier molecular flexibility index (Phi) is 15.2. The summed E-state index contributed by atoms with van der Waals surface area (Å²) in [5, 5.41) is 5.75. The quantitative estimate of drug-likeness (QED) is 0.115. The molecule has 9 nitrogen and oxygen atoms in total. The first-order valence-corrected chi connectivity index (χ1v) is 24.8. The van der Waals surface area contributed by atoms with Crippen molar-refractivity contribution in [3.8, 4) is 0 Å². The van der Waals surface area contributed by atoms with Crippen molar-refractivity contribution in [3.05, 3.63) is 65.9 Å². The van der Waals surface area contributed by atoms with Crippen molar-refractivity contribution in [2.75, 3.05) is 63.8 Å². The van der Waals surface area contributed by atoms with Gasteiger partial charge in [-0.3, -0.25) is 24.4 Å². The Bertz CT molecular complexity index is 1700. The lowest BCUT2D eigenvalue weighted by atomic mass is 9.89. The van der Waals surface area contributed by atoms with Gasteiger partial charge in [0.05, 0.1) is 11.4 Å². The number of thiazole rings is 2. The molecule has 8 rings (SSSR count). The Hall–Kier alpha value is -1.94. The van der Waals surface area contributed by atoms with Gasteiger partial charge in [-0.15, -0.1) is 57.8 Å². The molecule has 4 atom stereocenters. The van der Waals surface area contributed by atoms with Crippen LogP contribution in [0.2, 0.25) is 0 Å². The van der Waals surface area contributed by atoms with Crippen molar-refractivity contribution in [1.82, 2.24) is 29.6 Å². The van der Waals surface area contributed by atoms with Gasteiger partial charge >= 0.3 is 0 Å². The molecule has 0 aromatic carbocycles. The summed E-state index contributed by atoms with van der Waals surface area (Å²) in [6.07, 6.45) is 13.5. The van der Waals surface area contributed by atoms with E-state index in [0.29, 0.717) is 29.7 Å². The van der Waals surface area contributed by atoms with Crippen LogP contribution in [-0.4, -0.2) is 99.8 Å². The van der Waals surface area contributed by atoms with Crippen LogP contribution in [0.15, 0.2) is 35.0 Å². The van der Waals surface area contributed by atoms with Crippen LogP contribution in [-0.2, 0) is 30.5 Å². The highest BCUT2D eigenvalue weighted by molar-refractivity contribution is 7.15. The normalized spacial score (nSPS) is 22.3. The molecule has 0 spiro atoms. The summed E-state index contributed by atoms with van der Waals surface area (Å²) in [7, 11) is 0. The van der Waals surface area contributed by atoms with Crippen molar-refractivity contribution in [3.63, 3.8) is 0 Å². The number of aryl methyl sites for hydroxylation is 2. The molecule has 2 aliphatic heterocycles. The minimum Gasteiger partial charge on any atom is -0.375 e. The van der Waals surface area contributed by atoms with Gasteiger partial charge in [-0.25, -0.2) is 9.97 Å². The minimum atomic E-state index is -0.196. The second kappa shape index (κ2) is 20.1. The number of fused-ring (bicyclic) bond motifs is 2. The van der Waals surface area contributed by atoms with Crippen molar-refractivity contribution in [2.24, 2.45) is 11.8 Å². The summed E-state index contributed by atoms with van der Waals surface area (Å²) in [6.45, 7) is 13.1. The number of rotatable bonds is 16. The van der Waals surface area contributed by atoms with E-state index in [1.54, 1.807) is 45.3 Å². The summed E-state index contributed by atoms with van der Waals surface area (Å²) in [6, 6.07) is 9.44. The number of likely N-dealkylation sites (tertiary alicyclic amines) is 2. The van der Waals surface area contributed by atoms with E-state index in [1.165, 1.54) is 56.6 Å². The second-order valence-electron chi connectivity index (χ2n) is 16.8. The molecule has 14 heteroatoms. The molecule has 312 valence electrons. The van der Waals surface area contributed by atoms with Crippen molar-refractivity contribution in [2.45, 2.75) is 115 Å². The molecule has 0 bridgehead atoms. The number of Topliss-reactive ketones (excluding diaryl/α,β-unsaturated/α-hetero) is 1. The number of nitrogens with zero attached hydrogens (tertiary/aromatic N) is 6. The third-order valence-electron chi connectivity index (χ3n) is 13.1. The van der Waals surface area contributed by atoms with Crippen LogP contribution >= 0.6 is 57.8 Å². The van der Waals surface area contributed by atoms with E-state index >= 15 is 4.79 Å². The van der Waals surface area contributed by atoms with E-state index in [4.69, 9.17) is 11.5 Å². The van der Waals surface area contributed by atoms with Gasteiger partial charge in [-0.1, -0.05) is 26.0 Å². The van der Waals surface area contributed by atoms with E-state index in [-0.39, 0.29) is 24.5 Å². The number of hydrogen-bond acceptors (Lipinski definition) is 13. The predicted molar refractivity (Wildman–Crippen MR) is 243 cm³/mol. The maximum Gasteiger partial charge on any atom is 0.180 e. The van der Waals surface area contributed by atoms with Gasteiger partial charge in [-0.05, 0) is 151 Å². The van der Waals surface area contributed by atoms with Crippen molar-refractivity contribution in [1.29, 1.82) is 0 Å². The molecule has 4 aromatic heterocycles. The zero-order valence-corrected chi connectivity index (χ0v) is 37.9. The summed E-state index contributed by atoms with van der Waals surface area (Å²) >= 11 is 6.90. The van der Waals surface area contributed by atoms with E-state index in [2.05, 4.69) is 78.4 Å². The number of nitrogen functional groups attached to an aromatic ring is 2. The Morgan fingerprint density at radius 3 is 1.51 bits per heavy atom. The van der Waals surface area contributed by atoms with Gasteiger partial charge in [0.2, 0.25) is 0 Å². The molecular formula is C43H63ClN8OS4. The molecule has 4 aromatic rings. The van der Waals surface area contributed by atoms with Gasteiger partial charge in [0.15, 0.2) is 16.0 Å². The molecule has 2 unspecified atom stereocenters. The summed E-state index contributed by atoms with van der Waals surface area (Å²) in [5.74, 6) is 1.68. The topological polar surface area (TPSA) is 108 Å². The monoisotopic (exact) mass is 870 g/mol. The highest BCUT2D eigenvalue weighted by atomic mass is 35.5. The van der Waals surface area contributed by atoms with Gasteiger partial charge in [-0.2, -0.15) is 0 Å². The molecule has 2 saturated heterocycles. The molecule has 2 fully saturated rings. The number of aromatic nitrogens is 2. The Balaban J connectivity index is 0.00000496. The average molecular weight is 872 g/mol. The molecule has 57 heavy (non-hydrogen) atoms. The van der Waals surface area contributed by atoms with Crippen LogP contribution in [0.25, 0.3) is 0 Å². The SMILES string of the molecule is CCCN(CC1CCN([C@@H](C(=O)[C@@H](c2cccs2)N2CCC(CN(CCC)C3CCc4nc(N)sc4C3)CC2)c2cccs2)CC1)C1CCc2nc(N)sc2C1.Cl. The zero-order valence-electron chi connectivity index (χ0n) is 33.9. The van der Waals surface area contributed by atoms with E-state index in [0.717, 1.165) is 114 Å². The first kappa shape index (κ1) is 43.2. The lowest BCUT2D eigenvalue weighted by Gasteiger charge is -2.43. The number of nitrogens with two attached hydrogens (primary N) is 2. The number of piperidine rings is 2. The van der Waals surface area contributed by atoms with Crippen LogP contribution in [0.3, 0.4) is 0 Å². The number of thiophene rings is 2. The standard InChI is InChI=1S/C43H62N8OS4.ClH/c1-3-17-50(31-9-11-33-37(25-31)55-42(44)46-33)27-29-13-19-48(20-14-29)39(35-7-5-23-53-35)41(52)40(36-8-6-24-54-36)49-21-15-30(16-22-49)28-51(18-4-2)32-10-12-34-38(26-32)56-43(45)47-34;/h5-8,23-24,29-32,39-40H,3-4,9-22,25-28H2,1-2H3,(H2,44,46)(H2,45,47);1H/t31?,32?,39-,40-;/m1./s1. The van der Waals surface area contributed by atoms with Crippen LogP contribution in [0.4, 0.5) is 10.3 Å². The molecule has 4 N–H and O–H groups in total. The number of halogens is 1. The second-order valence-corrected chi connectivity index (χ2v) is 21.0. The summed E-state index contributed by atoms with van der Waals surface area (Å²) in [5.41, 5.74) is 14.7. The van der Waals surface area contributed by atoms with Gasteiger partial charge in [0, 0.05) is 44.7 Å². The summed E-state index contributed by atoms with van der Waals surface area (Å²) in [4.78, 5) is 40.3. The Labute approximate surface area is 362 Å². The molecule has 0 amide bonds. The molecular weight excluding hydrogens is 808 g/mol. The third-order valence-corrected chi connectivity index (χ3v) is 16.8. The lowest BCUT2D eigenvalue weighted by molar-refractivity contribution is -0.131. The lowest BCUT2D eigenvalue weighted by Crippen LogP contribution is -2.49. The largest absolute Gasteiger partial charge is 0.375 e. The zero-order chi connectivity index (χ0) is 38.6. The highest BCUT2D eigenvalue weighted by Gasteiger charge is 2.41. The molecule has 4 aliphatic rings. The summed E-state index contributed by atoms with van der Waals surface area (Å²) < 4.78 is 0. The highest BCUT2D eigenvalue weighted by Crippen LogP contribution is 2.40. The third kappa shape index (κ3) is 10.2. The van der Waals surface area contributed by atoms with Gasteiger partial charge in [0.1, 0.15) is 12.1 Å². The fourth-order valence-electron chi connectivity index (χ4n) is 10.3. The average Bonchev–Trinajstić information content (AvgIpc) is 4.04. The van der Waals surface area contributed by atoms with E-state index in [1.807, 2.05) is 0 Å². The first-order valence-electron chi connectivity index (χ1n) is 21.4. The number of hydrogen-bond donors (Lipinski definition) is 2. The number of carbonyl (C=O) groups excluding carboxylic acids is 1. The fourth-order valence-corrected chi connectivity index (χ4v) is 13.9. The maximum atomic E-state index is 15.2. The van der Waals surface area contributed by atoms with Crippen LogP contribution in [0.1, 0.15) is 108 Å². The number of ketones is 1. The van der Waals surface area contributed by atoms with Gasteiger partial charge in [0.25, 0.3) is 0 Å². The predicted octanol–water partition coefficient (Wildman–Crippen LogP) is 8.62. The maximum absolute atomic E-state index is 15.2. The van der Waals surface area contributed by atoms with E-state index < -0.39 is 0 Å².